The van der Waals surface area contributed by atoms with Gasteiger partial charge in [0.15, 0.2) is 0 Å². The van der Waals surface area contributed by atoms with E-state index in [4.69, 9.17) is 11.6 Å². The largest absolute Gasteiger partial charge is 0.322 e. The van der Waals surface area contributed by atoms with Gasteiger partial charge in [-0.3, -0.25) is 9.69 Å². The van der Waals surface area contributed by atoms with Crippen LogP contribution in [0.1, 0.15) is 38.5 Å². The van der Waals surface area contributed by atoms with E-state index >= 15 is 0 Å². The first-order chi connectivity index (χ1) is 10.6. The SMILES string of the molecule is O=C(CN1CCC[C@H]2CCCC[C@@H]21)Nc1cc(Cl)ccc1F. The molecule has 1 N–H and O–H groups in total. The average Bonchev–Trinajstić information content (AvgIpc) is 2.51. The number of amides is 1. The minimum Gasteiger partial charge on any atom is -0.322 e. The van der Waals surface area contributed by atoms with Crippen LogP contribution in [0.5, 0.6) is 0 Å². The van der Waals surface area contributed by atoms with Gasteiger partial charge < -0.3 is 5.32 Å². The number of anilines is 1. The molecule has 1 saturated heterocycles. The zero-order valence-electron chi connectivity index (χ0n) is 12.7. The third-order valence-electron chi connectivity index (χ3n) is 4.91. The molecule has 0 aromatic heterocycles. The number of carbonyl (C=O) groups is 1. The lowest BCUT2D eigenvalue weighted by Gasteiger charge is -2.43. The quantitative estimate of drug-likeness (QED) is 0.909. The number of hydrogen-bond acceptors (Lipinski definition) is 2. The Labute approximate surface area is 135 Å². The van der Waals surface area contributed by atoms with E-state index in [-0.39, 0.29) is 11.6 Å². The number of likely N-dealkylation sites (tertiary alicyclic amines) is 1. The molecule has 2 atom stereocenters. The van der Waals surface area contributed by atoms with Gasteiger partial charge in [0.25, 0.3) is 0 Å². The molecule has 1 aliphatic heterocycles. The van der Waals surface area contributed by atoms with E-state index in [1.54, 1.807) is 0 Å². The molecule has 1 heterocycles. The van der Waals surface area contributed by atoms with E-state index < -0.39 is 5.82 Å². The zero-order valence-corrected chi connectivity index (χ0v) is 13.4. The van der Waals surface area contributed by atoms with E-state index in [1.165, 1.54) is 50.3 Å². The molecule has 3 nitrogen and oxygen atoms in total. The first-order valence-electron chi connectivity index (χ1n) is 8.12. The number of rotatable bonds is 3. The highest BCUT2D eigenvalue weighted by Gasteiger charge is 2.33. The van der Waals surface area contributed by atoms with Gasteiger partial charge in [0, 0.05) is 11.1 Å². The highest BCUT2D eigenvalue weighted by molar-refractivity contribution is 6.30. The highest BCUT2D eigenvalue weighted by Crippen LogP contribution is 2.35. The van der Waals surface area contributed by atoms with Crippen molar-refractivity contribution in [3.05, 3.63) is 29.0 Å². The summed E-state index contributed by atoms with van der Waals surface area (Å²) < 4.78 is 13.7. The topological polar surface area (TPSA) is 32.3 Å². The van der Waals surface area contributed by atoms with E-state index in [0.717, 1.165) is 18.9 Å². The van der Waals surface area contributed by atoms with Gasteiger partial charge in [-0.25, -0.2) is 4.39 Å². The van der Waals surface area contributed by atoms with Crippen LogP contribution < -0.4 is 5.32 Å². The number of fused-ring (bicyclic) bond motifs is 1. The van der Waals surface area contributed by atoms with Crippen LogP contribution in [0, 0.1) is 11.7 Å². The predicted molar refractivity (Wildman–Crippen MR) is 86.6 cm³/mol. The molecular weight excluding hydrogens is 303 g/mol. The number of hydrogen-bond donors (Lipinski definition) is 1. The van der Waals surface area contributed by atoms with Crippen LogP contribution in [0.4, 0.5) is 10.1 Å². The zero-order chi connectivity index (χ0) is 15.5. The van der Waals surface area contributed by atoms with Crippen LogP contribution >= 0.6 is 11.6 Å². The molecule has 5 heteroatoms. The fourth-order valence-electron chi connectivity index (χ4n) is 3.89. The van der Waals surface area contributed by atoms with Crippen LogP contribution in [-0.2, 0) is 4.79 Å². The molecule has 1 aliphatic carbocycles. The van der Waals surface area contributed by atoms with Gasteiger partial charge in [0.1, 0.15) is 5.82 Å². The summed E-state index contributed by atoms with van der Waals surface area (Å²) in [5.41, 5.74) is 0.162. The molecule has 0 radical (unpaired) electrons. The molecule has 1 amide bonds. The first-order valence-corrected chi connectivity index (χ1v) is 8.50. The molecule has 1 saturated carbocycles. The van der Waals surface area contributed by atoms with Crippen molar-refractivity contribution in [2.45, 2.75) is 44.6 Å². The Hall–Kier alpha value is -1.13. The molecule has 2 aliphatic rings. The molecule has 3 rings (SSSR count). The number of benzene rings is 1. The maximum Gasteiger partial charge on any atom is 0.238 e. The summed E-state index contributed by atoms with van der Waals surface area (Å²) in [6.45, 7) is 1.31. The first kappa shape index (κ1) is 15.8. The Morgan fingerprint density at radius 3 is 2.91 bits per heavy atom. The fraction of sp³-hybridized carbons (Fsp3) is 0.588. The second-order valence-electron chi connectivity index (χ2n) is 6.40. The standard InChI is InChI=1S/C17H22ClFN2O/c18-13-7-8-14(19)15(10-13)20-17(22)11-21-9-3-5-12-4-1-2-6-16(12)21/h7-8,10,12,16H,1-6,9,11H2,(H,20,22)/t12-,16+/m1/s1. The third kappa shape index (κ3) is 3.61. The molecule has 0 spiro atoms. The Balaban J connectivity index is 1.62. The van der Waals surface area contributed by atoms with Crippen molar-refractivity contribution in [3.63, 3.8) is 0 Å². The van der Waals surface area contributed by atoms with Crippen molar-refractivity contribution < 1.29 is 9.18 Å². The fourth-order valence-corrected chi connectivity index (χ4v) is 4.06. The number of nitrogens with zero attached hydrogens (tertiary/aromatic N) is 1. The molecule has 0 unspecified atom stereocenters. The van der Waals surface area contributed by atoms with Crippen molar-refractivity contribution in [3.8, 4) is 0 Å². The van der Waals surface area contributed by atoms with Crippen molar-refractivity contribution in [2.75, 3.05) is 18.4 Å². The van der Waals surface area contributed by atoms with E-state index in [2.05, 4.69) is 10.2 Å². The van der Waals surface area contributed by atoms with Crippen molar-refractivity contribution in [1.82, 2.24) is 4.90 Å². The Bertz CT molecular complexity index is 549. The third-order valence-corrected chi connectivity index (χ3v) is 5.14. The van der Waals surface area contributed by atoms with E-state index in [9.17, 15) is 9.18 Å². The molecule has 1 aromatic carbocycles. The van der Waals surface area contributed by atoms with Gasteiger partial charge in [-0.2, -0.15) is 0 Å². The normalized spacial score (nSPS) is 25.5. The van der Waals surface area contributed by atoms with E-state index in [0.29, 0.717) is 17.6 Å². The maximum atomic E-state index is 13.7. The van der Waals surface area contributed by atoms with Gasteiger partial charge in [-0.15, -0.1) is 0 Å². The summed E-state index contributed by atoms with van der Waals surface area (Å²) in [7, 11) is 0. The Kier molecular flexibility index (Phi) is 4.99. The predicted octanol–water partition coefficient (Wildman–Crippen LogP) is 4.07. The number of carbonyl (C=O) groups excluding carboxylic acids is 1. The van der Waals surface area contributed by atoms with Crippen molar-refractivity contribution in [1.29, 1.82) is 0 Å². The summed E-state index contributed by atoms with van der Waals surface area (Å²) in [5.74, 6) is 0.123. The van der Waals surface area contributed by atoms with Gasteiger partial charge in [0.2, 0.25) is 5.91 Å². The lowest BCUT2D eigenvalue weighted by atomic mass is 9.78. The molecule has 1 aromatic rings. The number of halogens is 2. The van der Waals surface area contributed by atoms with Crippen LogP contribution in [0.25, 0.3) is 0 Å². The molecule has 22 heavy (non-hydrogen) atoms. The summed E-state index contributed by atoms with van der Waals surface area (Å²) in [5, 5.41) is 3.07. The van der Waals surface area contributed by atoms with Crippen molar-refractivity contribution in [2.24, 2.45) is 5.92 Å². The lowest BCUT2D eigenvalue weighted by Crippen LogP contribution is -2.49. The van der Waals surface area contributed by atoms with Crippen LogP contribution in [0.3, 0.4) is 0 Å². The number of nitrogens with one attached hydrogen (secondary N) is 1. The van der Waals surface area contributed by atoms with Crippen LogP contribution in [0.15, 0.2) is 18.2 Å². The second-order valence-corrected chi connectivity index (χ2v) is 6.83. The summed E-state index contributed by atoms with van der Waals surface area (Å²) >= 11 is 5.85. The van der Waals surface area contributed by atoms with Crippen LogP contribution in [0.2, 0.25) is 5.02 Å². The average molecular weight is 325 g/mol. The summed E-state index contributed by atoms with van der Waals surface area (Å²) in [4.78, 5) is 14.5. The van der Waals surface area contributed by atoms with Gasteiger partial charge in [-0.1, -0.05) is 24.4 Å². The molecule has 2 fully saturated rings. The smallest absolute Gasteiger partial charge is 0.238 e. The maximum absolute atomic E-state index is 13.7. The minimum absolute atomic E-state index is 0.160. The van der Waals surface area contributed by atoms with Gasteiger partial charge >= 0.3 is 0 Å². The summed E-state index contributed by atoms with van der Waals surface area (Å²) in [6, 6.07) is 4.73. The van der Waals surface area contributed by atoms with Gasteiger partial charge in [-0.05, 0) is 56.3 Å². The minimum atomic E-state index is -0.452. The van der Waals surface area contributed by atoms with Crippen LogP contribution in [-0.4, -0.2) is 29.9 Å². The van der Waals surface area contributed by atoms with Gasteiger partial charge in [0.05, 0.1) is 12.2 Å². The molecule has 120 valence electrons. The summed E-state index contributed by atoms with van der Waals surface area (Å²) in [6.07, 6.45) is 7.47. The second kappa shape index (κ2) is 6.97. The Morgan fingerprint density at radius 1 is 1.27 bits per heavy atom. The monoisotopic (exact) mass is 324 g/mol. The molecule has 0 bridgehead atoms. The van der Waals surface area contributed by atoms with E-state index in [1.807, 2.05) is 0 Å². The lowest BCUT2D eigenvalue weighted by molar-refractivity contribution is -0.119. The molecular formula is C17H22ClFN2O. The highest BCUT2D eigenvalue weighted by atomic mass is 35.5. The Morgan fingerprint density at radius 2 is 2.05 bits per heavy atom. The van der Waals surface area contributed by atoms with Crippen molar-refractivity contribution >= 4 is 23.2 Å². The number of piperidine rings is 1.